The van der Waals surface area contributed by atoms with Gasteiger partial charge in [-0.2, -0.15) is 0 Å². The second-order valence-corrected chi connectivity index (χ2v) is 8.58. The first-order chi connectivity index (χ1) is 17.4. The number of pyridine rings is 1. The van der Waals surface area contributed by atoms with Crippen molar-refractivity contribution in [1.29, 1.82) is 0 Å². The summed E-state index contributed by atoms with van der Waals surface area (Å²) in [6.07, 6.45) is 3.16. The number of benzene rings is 2. The van der Waals surface area contributed by atoms with E-state index in [0.717, 1.165) is 35.2 Å². The van der Waals surface area contributed by atoms with Crippen LogP contribution in [0.2, 0.25) is 0 Å². The summed E-state index contributed by atoms with van der Waals surface area (Å²) in [5.41, 5.74) is 4.53. The average Bonchev–Trinajstić information content (AvgIpc) is 3.35. The number of fused-ring (bicyclic) bond motifs is 3. The second-order valence-electron chi connectivity index (χ2n) is 8.58. The van der Waals surface area contributed by atoms with E-state index in [1.165, 1.54) is 14.0 Å². The molecule has 1 aliphatic carbocycles. The number of carbonyl (C=O) groups is 3. The van der Waals surface area contributed by atoms with Gasteiger partial charge in [0.05, 0.1) is 16.8 Å². The molecule has 0 bridgehead atoms. The van der Waals surface area contributed by atoms with Crippen LogP contribution in [0.4, 0.5) is 4.79 Å². The molecule has 36 heavy (non-hydrogen) atoms. The molecule has 2 heterocycles. The minimum Gasteiger partial charge on any atom is -0.454 e. The molecule has 184 valence electrons. The molecular formula is C27H25N3O6. The Bertz CT molecular complexity index is 1410. The Morgan fingerprint density at radius 2 is 1.89 bits per heavy atom. The fourth-order valence-corrected chi connectivity index (χ4v) is 4.46. The van der Waals surface area contributed by atoms with E-state index in [9.17, 15) is 14.4 Å². The number of rotatable bonds is 4. The Labute approximate surface area is 207 Å². The third-order valence-electron chi connectivity index (χ3n) is 6.23. The molecule has 3 aromatic rings. The lowest BCUT2D eigenvalue weighted by Crippen LogP contribution is -2.43. The zero-order valence-corrected chi connectivity index (χ0v) is 19.9. The summed E-state index contributed by atoms with van der Waals surface area (Å²) in [7, 11) is 1.39. The van der Waals surface area contributed by atoms with Gasteiger partial charge in [0, 0.05) is 12.4 Å². The molecular weight excluding hydrogens is 462 g/mol. The molecule has 1 atom stereocenters. The monoisotopic (exact) mass is 487 g/mol. The number of aromatic nitrogens is 1. The maximum atomic E-state index is 13.4. The van der Waals surface area contributed by atoms with Crippen LogP contribution in [0.1, 0.15) is 46.9 Å². The van der Waals surface area contributed by atoms with Crippen LogP contribution in [0.25, 0.3) is 22.6 Å². The summed E-state index contributed by atoms with van der Waals surface area (Å²) in [6, 6.07) is 12.4. The predicted molar refractivity (Wildman–Crippen MR) is 133 cm³/mol. The predicted octanol–water partition coefficient (Wildman–Crippen LogP) is 3.84. The lowest BCUT2D eigenvalue weighted by Gasteiger charge is -2.23. The van der Waals surface area contributed by atoms with Crippen molar-refractivity contribution in [2.45, 2.75) is 32.3 Å². The minimum absolute atomic E-state index is 0.205. The standard InChI is InChI=1S/C27H25N3O6/c1-15(25(31)30-27(33)28-2)36-26(32)23-18-7-3-4-9-20(18)29-24-17(6-5-8-19(23)24)12-16-10-11-21-22(13-16)35-14-34-21/h3-4,7,9-13,15H,5-6,8,14H2,1-2H3,(H2,28,30,31,33)/b17-12+. The van der Waals surface area contributed by atoms with Gasteiger partial charge < -0.3 is 19.5 Å². The number of hydrogen-bond acceptors (Lipinski definition) is 7. The first-order valence-corrected chi connectivity index (χ1v) is 11.7. The van der Waals surface area contributed by atoms with Crippen LogP contribution in [-0.4, -0.2) is 42.8 Å². The smallest absolute Gasteiger partial charge is 0.339 e. The fourth-order valence-electron chi connectivity index (χ4n) is 4.46. The molecule has 0 fully saturated rings. The number of para-hydroxylation sites is 1. The molecule has 1 unspecified atom stereocenters. The van der Waals surface area contributed by atoms with Crippen molar-refractivity contribution in [2.24, 2.45) is 0 Å². The zero-order chi connectivity index (χ0) is 25.2. The van der Waals surface area contributed by atoms with Gasteiger partial charge in [0.2, 0.25) is 6.79 Å². The highest BCUT2D eigenvalue weighted by atomic mass is 16.7. The molecule has 2 aromatic carbocycles. The largest absolute Gasteiger partial charge is 0.454 e. The second kappa shape index (κ2) is 9.69. The van der Waals surface area contributed by atoms with Gasteiger partial charge >= 0.3 is 12.0 Å². The number of nitrogens with zero attached hydrogens (tertiary/aromatic N) is 1. The highest BCUT2D eigenvalue weighted by molar-refractivity contribution is 6.07. The van der Waals surface area contributed by atoms with E-state index in [4.69, 9.17) is 19.2 Å². The molecule has 0 spiro atoms. The highest BCUT2D eigenvalue weighted by Gasteiger charge is 2.28. The molecule has 0 saturated carbocycles. The van der Waals surface area contributed by atoms with Crippen LogP contribution in [0.3, 0.4) is 0 Å². The van der Waals surface area contributed by atoms with Crippen LogP contribution in [0.15, 0.2) is 42.5 Å². The number of urea groups is 1. The summed E-state index contributed by atoms with van der Waals surface area (Å²) in [5, 5.41) is 5.09. The van der Waals surface area contributed by atoms with Gasteiger partial charge in [-0.3, -0.25) is 10.1 Å². The summed E-state index contributed by atoms with van der Waals surface area (Å²) in [6.45, 7) is 1.63. The van der Waals surface area contributed by atoms with E-state index >= 15 is 0 Å². The average molecular weight is 488 g/mol. The summed E-state index contributed by atoms with van der Waals surface area (Å²) in [4.78, 5) is 42.1. The van der Waals surface area contributed by atoms with Gasteiger partial charge in [-0.1, -0.05) is 24.3 Å². The molecule has 2 aliphatic rings. The molecule has 5 rings (SSSR count). The van der Waals surface area contributed by atoms with Crippen molar-refractivity contribution in [3.8, 4) is 11.5 Å². The fraction of sp³-hybridized carbons (Fsp3) is 0.259. The van der Waals surface area contributed by atoms with Gasteiger partial charge in [0.25, 0.3) is 5.91 Å². The molecule has 2 N–H and O–H groups in total. The van der Waals surface area contributed by atoms with Crippen LogP contribution < -0.4 is 20.1 Å². The van der Waals surface area contributed by atoms with Gasteiger partial charge in [-0.25, -0.2) is 14.6 Å². The van der Waals surface area contributed by atoms with E-state index in [-0.39, 0.29) is 6.79 Å². The van der Waals surface area contributed by atoms with Gasteiger partial charge in [0.1, 0.15) is 0 Å². The first-order valence-electron chi connectivity index (χ1n) is 11.7. The van der Waals surface area contributed by atoms with Crippen molar-refractivity contribution in [2.75, 3.05) is 13.8 Å². The number of esters is 1. The van der Waals surface area contributed by atoms with E-state index in [1.807, 2.05) is 42.5 Å². The summed E-state index contributed by atoms with van der Waals surface area (Å²) in [5.74, 6) is 0.0668. The third-order valence-corrected chi connectivity index (χ3v) is 6.23. The lowest BCUT2D eigenvalue weighted by molar-refractivity contribution is -0.127. The third kappa shape index (κ3) is 4.47. The van der Waals surface area contributed by atoms with Gasteiger partial charge in [-0.05, 0) is 67.2 Å². The lowest BCUT2D eigenvalue weighted by atomic mass is 9.86. The quantitative estimate of drug-likeness (QED) is 0.537. The Kier molecular flexibility index (Phi) is 6.28. The number of imide groups is 1. The van der Waals surface area contributed by atoms with E-state index in [1.54, 1.807) is 0 Å². The Balaban J connectivity index is 1.54. The number of amides is 3. The Morgan fingerprint density at radius 1 is 1.08 bits per heavy atom. The number of carbonyl (C=O) groups excluding carboxylic acids is 3. The molecule has 9 nitrogen and oxygen atoms in total. The van der Waals surface area contributed by atoms with Crippen molar-refractivity contribution in [3.05, 3.63) is 64.8 Å². The number of ether oxygens (including phenoxy) is 3. The van der Waals surface area contributed by atoms with Crippen molar-refractivity contribution < 1.29 is 28.6 Å². The van der Waals surface area contributed by atoms with Crippen LogP contribution in [-0.2, 0) is 16.0 Å². The number of nitrogens with one attached hydrogen (secondary N) is 2. The van der Waals surface area contributed by atoms with E-state index in [2.05, 4.69) is 16.7 Å². The normalized spacial score (nSPS) is 15.8. The first kappa shape index (κ1) is 23.3. The summed E-state index contributed by atoms with van der Waals surface area (Å²) >= 11 is 0. The Hall–Kier alpha value is -4.40. The highest BCUT2D eigenvalue weighted by Crippen LogP contribution is 2.38. The van der Waals surface area contributed by atoms with Gasteiger partial charge in [0.15, 0.2) is 17.6 Å². The van der Waals surface area contributed by atoms with Crippen molar-refractivity contribution >= 4 is 40.5 Å². The van der Waals surface area contributed by atoms with Crippen LogP contribution >= 0.6 is 0 Å². The molecule has 9 heteroatoms. The van der Waals surface area contributed by atoms with Crippen LogP contribution in [0, 0.1) is 0 Å². The maximum Gasteiger partial charge on any atom is 0.339 e. The molecule has 1 aliphatic heterocycles. The summed E-state index contributed by atoms with van der Waals surface area (Å²) < 4.78 is 16.4. The number of hydrogen-bond donors (Lipinski definition) is 2. The van der Waals surface area contributed by atoms with E-state index < -0.39 is 24.0 Å². The van der Waals surface area contributed by atoms with Crippen molar-refractivity contribution in [3.63, 3.8) is 0 Å². The molecule has 3 amide bonds. The van der Waals surface area contributed by atoms with Gasteiger partial charge in [-0.15, -0.1) is 0 Å². The van der Waals surface area contributed by atoms with Crippen molar-refractivity contribution in [1.82, 2.24) is 15.6 Å². The molecule has 0 saturated heterocycles. The zero-order valence-electron chi connectivity index (χ0n) is 19.9. The molecule has 1 aromatic heterocycles. The maximum absolute atomic E-state index is 13.4. The topological polar surface area (TPSA) is 116 Å². The number of allylic oxidation sites excluding steroid dienone is 1. The SMILES string of the molecule is CNC(=O)NC(=O)C(C)OC(=O)c1c2c(nc3ccccc13)/C(=C/c1ccc3c(c1)OCO3)CCC2. The van der Waals surface area contributed by atoms with E-state index in [0.29, 0.717) is 34.4 Å². The van der Waals surface area contributed by atoms with Crippen LogP contribution in [0.5, 0.6) is 11.5 Å². The Morgan fingerprint density at radius 3 is 2.72 bits per heavy atom. The molecule has 0 radical (unpaired) electrons. The minimum atomic E-state index is -1.16.